The Morgan fingerprint density at radius 3 is 2.79 bits per heavy atom. The van der Waals surface area contributed by atoms with Crippen molar-refractivity contribution >= 4 is 5.97 Å². The highest BCUT2D eigenvalue weighted by Gasteiger charge is 2.62. The number of carboxylic acids is 1. The van der Waals surface area contributed by atoms with Crippen LogP contribution in [0.1, 0.15) is 32.1 Å². The Labute approximate surface area is 83.7 Å². The van der Waals surface area contributed by atoms with Crippen LogP contribution in [0.25, 0.3) is 0 Å². The van der Waals surface area contributed by atoms with Gasteiger partial charge in [0.2, 0.25) is 0 Å². The summed E-state index contributed by atoms with van der Waals surface area (Å²) in [5.41, 5.74) is 5.16. The van der Waals surface area contributed by atoms with Gasteiger partial charge in [-0.25, -0.2) is 0 Å². The Kier molecular flexibility index (Phi) is 1.56. The molecular weight excluding hydrogens is 178 g/mol. The summed E-state index contributed by atoms with van der Waals surface area (Å²) in [4.78, 5) is 11.2. The van der Waals surface area contributed by atoms with Crippen LogP contribution in [-0.4, -0.2) is 16.6 Å². The summed E-state index contributed by atoms with van der Waals surface area (Å²) in [6.07, 6.45) is 5.64. The zero-order chi connectivity index (χ0) is 9.92. The van der Waals surface area contributed by atoms with Crippen LogP contribution in [0.4, 0.5) is 0 Å². The van der Waals surface area contributed by atoms with Gasteiger partial charge < -0.3 is 10.8 Å². The summed E-state index contributed by atoms with van der Waals surface area (Å²) in [6, 6.07) is 0. The van der Waals surface area contributed by atoms with E-state index in [4.69, 9.17) is 5.73 Å². The van der Waals surface area contributed by atoms with Gasteiger partial charge in [-0.15, -0.1) is 0 Å². The lowest BCUT2D eigenvalue weighted by molar-refractivity contribution is -0.146. The van der Waals surface area contributed by atoms with Crippen molar-refractivity contribution in [1.29, 1.82) is 0 Å². The minimum Gasteiger partial charge on any atom is -0.480 e. The number of aliphatic carboxylic acids is 1. The van der Waals surface area contributed by atoms with Gasteiger partial charge >= 0.3 is 5.97 Å². The van der Waals surface area contributed by atoms with E-state index in [1.165, 1.54) is 19.3 Å². The number of carbonyl (C=O) groups is 1. The Balaban J connectivity index is 1.93. The summed E-state index contributed by atoms with van der Waals surface area (Å²) >= 11 is 0. The summed E-state index contributed by atoms with van der Waals surface area (Å²) in [7, 11) is 0. The molecule has 0 radical (unpaired) electrons. The number of hydrogen-bond donors (Lipinski definition) is 2. The molecule has 14 heavy (non-hydrogen) atoms. The van der Waals surface area contributed by atoms with Crippen LogP contribution in [-0.2, 0) is 4.79 Å². The van der Waals surface area contributed by atoms with Crippen molar-refractivity contribution < 1.29 is 9.90 Å². The van der Waals surface area contributed by atoms with Gasteiger partial charge in [-0.1, -0.05) is 6.42 Å². The van der Waals surface area contributed by atoms with Crippen LogP contribution in [0.5, 0.6) is 0 Å². The SMILES string of the molecule is N[C@@]1(C(=O)O)C[C@@H]2C[C@@H]1[C@H]1CCC[C@H]21. The molecule has 3 saturated carbocycles. The Morgan fingerprint density at radius 1 is 1.36 bits per heavy atom. The second-order valence-electron chi connectivity index (χ2n) is 5.41. The van der Waals surface area contributed by atoms with Gasteiger partial charge in [0.05, 0.1) is 0 Å². The van der Waals surface area contributed by atoms with E-state index in [0.29, 0.717) is 11.8 Å². The molecule has 5 atom stereocenters. The lowest BCUT2D eigenvalue weighted by Gasteiger charge is -2.36. The Hall–Kier alpha value is -0.570. The molecule has 0 aromatic heterocycles. The largest absolute Gasteiger partial charge is 0.480 e. The van der Waals surface area contributed by atoms with Crippen LogP contribution in [0.3, 0.4) is 0 Å². The van der Waals surface area contributed by atoms with Crippen molar-refractivity contribution in [2.75, 3.05) is 0 Å². The smallest absolute Gasteiger partial charge is 0.323 e. The lowest BCUT2D eigenvalue weighted by atomic mass is 9.71. The summed E-state index contributed by atoms with van der Waals surface area (Å²) in [5, 5.41) is 9.19. The number of hydrogen-bond acceptors (Lipinski definition) is 2. The molecule has 3 rings (SSSR count). The van der Waals surface area contributed by atoms with Gasteiger partial charge in [-0.3, -0.25) is 4.79 Å². The fourth-order valence-electron chi connectivity index (χ4n) is 4.44. The average molecular weight is 195 g/mol. The van der Waals surface area contributed by atoms with E-state index >= 15 is 0 Å². The highest BCUT2D eigenvalue weighted by atomic mass is 16.4. The van der Waals surface area contributed by atoms with Gasteiger partial charge in [0.1, 0.15) is 5.54 Å². The molecule has 3 nitrogen and oxygen atoms in total. The second kappa shape index (κ2) is 2.51. The molecule has 2 bridgehead atoms. The fourth-order valence-corrected chi connectivity index (χ4v) is 4.44. The van der Waals surface area contributed by atoms with E-state index in [-0.39, 0.29) is 5.92 Å². The molecule has 0 spiro atoms. The highest BCUT2D eigenvalue weighted by molar-refractivity contribution is 5.80. The van der Waals surface area contributed by atoms with E-state index in [0.717, 1.165) is 18.8 Å². The first-order chi connectivity index (χ1) is 6.63. The first kappa shape index (κ1) is 8.72. The van der Waals surface area contributed by atoms with Gasteiger partial charge in [0.15, 0.2) is 0 Å². The van der Waals surface area contributed by atoms with Crippen molar-refractivity contribution in [3.05, 3.63) is 0 Å². The lowest BCUT2D eigenvalue weighted by Crippen LogP contribution is -2.55. The monoisotopic (exact) mass is 195 g/mol. The van der Waals surface area contributed by atoms with Gasteiger partial charge in [0, 0.05) is 0 Å². The van der Waals surface area contributed by atoms with E-state index < -0.39 is 11.5 Å². The molecular formula is C11H17NO2. The molecule has 0 unspecified atom stereocenters. The molecule has 3 aliphatic carbocycles. The third-order valence-electron chi connectivity index (χ3n) is 4.96. The van der Waals surface area contributed by atoms with E-state index in [2.05, 4.69) is 0 Å². The molecule has 0 heterocycles. The molecule has 78 valence electrons. The van der Waals surface area contributed by atoms with Crippen molar-refractivity contribution in [2.24, 2.45) is 29.4 Å². The third-order valence-corrected chi connectivity index (χ3v) is 4.96. The zero-order valence-corrected chi connectivity index (χ0v) is 8.28. The molecule has 0 aromatic rings. The van der Waals surface area contributed by atoms with Crippen LogP contribution in [0, 0.1) is 23.7 Å². The number of fused-ring (bicyclic) bond motifs is 5. The molecule has 3 heteroatoms. The number of carboxylic acid groups (broad SMARTS) is 1. The zero-order valence-electron chi connectivity index (χ0n) is 8.28. The van der Waals surface area contributed by atoms with E-state index in [1.54, 1.807) is 0 Å². The van der Waals surface area contributed by atoms with Crippen molar-refractivity contribution in [1.82, 2.24) is 0 Å². The standard InChI is InChI=1S/C11H17NO2/c12-11(10(13)14)5-6-4-9(11)8-3-1-2-7(6)8/h6-9H,1-5,12H2,(H,13,14)/t6-,7+,8-,9+,11-/m0/s1. The molecule has 0 aliphatic heterocycles. The molecule has 0 amide bonds. The summed E-state index contributed by atoms with van der Waals surface area (Å²) in [6.45, 7) is 0. The highest BCUT2D eigenvalue weighted by Crippen LogP contribution is 2.61. The maximum atomic E-state index is 11.2. The van der Waals surface area contributed by atoms with Gasteiger partial charge in [0.25, 0.3) is 0 Å². The normalized spacial score (nSPS) is 54.9. The maximum Gasteiger partial charge on any atom is 0.323 e. The first-order valence-electron chi connectivity index (χ1n) is 5.65. The summed E-state index contributed by atoms with van der Waals surface area (Å²) < 4.78 is 0. The van der Waals surface area contributed by atoms with Crippen LogP contribution in [0.15, 0.2) is 0 Å². The maximum absolute atomic E-state index is 11.2. The quantitative estimate of drug-likeness (QED) is 0.661. The second-order valence-corrected chi connectivity index (χ2v) is 5.41. The predicted molar refractivity (Wildman–Crippen MR) is 51.6 cm³/mol. The summed E-state index contributed by atoms with van der Waals surface area (Å²) in [5.74, 6) is 1.58. The Morgan fingerprint density at radius 2 is 2.07 bits per heavy atom. The van der Waals surface area contributed by atoms with Crippen molar-refractivity contribution in [3.63, 3.8) is 0 Å². The predicted octanol–water partition coefficient (Wildman–Crippen LogP) is 1.22. The Bertz CT molecular complexity index is 291. The van der Waals surface area contributed by atoms with Gasteiger partial charge in [-0.05, 0) is 49.4 Å². The molecule has 0 aromatic carbocycles. The molecule has 3 N–H and O–H groups in total. The van der Waals surface area contributed by atoms with E-state index in [1.807, 2.05) is 0 Å². The average Bonchev–Trinajstić information content (AvgIpc) is 2.71. The van der Waals surface area contributed by atoms with Crippen LogP contribution < -0.4 is 5.73 Å². The fraction of sp³-hybridized carbons (Fsp3) is 0.909. The van der Waals surface area contributed by atoms with Gasteiger partial charge in [-0.2, -0.15) is 0 Å². The topological polar surface area (TPSA) is 63.3 Å². The van der Waals surface area contributed by atoms with Crippen LogP contribution in [0.2, 0.25) is 0 Å². The van der Waals surface area contributed by atoms with Crippen LogP contribution >= 0.6 is 0 Å². The molecule has 3 fully saturated rings. The first-order valence-corrected chi connectivity index (χ1v) is 5.65. The third kappa shape index (κ3) is 0.842. The van der Waals surface area contributed by atoms with Crippen molar-refractivity contribution in [3.8, 4) is 0 Å². The molecule has 0 saturated heterocycles. The number of nitrogens with two attached hydrogens (primary N) is 1. The van der Waals surface area contributed by atoms with E-state index in [9.17, 15) is 9.90 Å². The van der Waals surface area contributed by atoms with Crippen molar-refractivity contribution in [2.45, 2.75) is 37.6 Å². The minimum atomic E-state index is -0.879. The molecule has 3 aliphatic rings. The minimum absolute atomic E-state index is 0.275. The number of rotatable bonds is 1.